The van der Waals surface area contributed by atoms with Crippen LogP contribution < -0.4 is 4.74 Å². The molecule has 4 heteroatoms. The molecule has 0 spiro atoms. The summed E-state index contributed by atoms with van der Waals surface area (Å²) < 4.78 is 19.0. The predicted octanol–water partition coefficient (Wildman–Crippen LogP) is 4.74. The summed E-state index contributed by atoms with van der Waals surface area (Å²) in [5.41, 5.74) is 0.755. The quantitative estimate of drug-likeness (QED) is 0.433. The highest BCUT2D eigenvalue weighted by Gasteiger charge is 2.04. The van der Waals surface area contributed by atoms with Crippen molar-refractivity contribution in [3.8, 4) is 5.75 Å². The monoisotopic (exact) mass is 296 g/mol. The smallest absolute Gasteiger partial charge is 0.165 e. The molecule has 2 rings (SSSR count). The number of hydrogen-bond acceptors (Lipinski definition) is 2. The van der Waals surface area contributed by atoms with Crippen molar-refractivity contribution >= 4 is 23.4 Å². The molecule has 19 heavy (non-hydrogen) atoms. The second-order valence-corrected chi connectivity index (χ2v) is 5.34. The fraction of sp³-hybridized carbons (Fsp3) is 0.200. The minimum atomic E-state index is -0.358. The van der Waals surface area contributed by atoms with Crippen molar-refractivity contribution < 1.29 is 9.13 Å². The minimum absolute atomic E-state index is 0.280. The Kier molecular flexibility index (Phi) is 5.55. The molecular formula is C15H14ClFOS. The summed E-state index contributed by atoms with van der Waals surface area (Å²) in [5, 5.41) is 0. The van der Waals surface area contributed by atoms with Gasteiger partial charge in [-0.15, -0.1) is 23.4 Å². The molecule has 0 bridgehead atoms. The lowest BCUT2D eigenvalue weighted by molar-refractivity contribution is 0.324. The molecule has 2 aromatic carbocycles. The molecule has 0 amide bonds. The van der Waals surface area contributed by atoms with Gasteiger partial charge in [0.2, 0.25) is 0 Å². The van der Waals surface area contributed by atoms with Gasteiger partial charge in [-0.05, 0) is 29.8 Å². The van der Waals surface area contributed by atoms with Crippen molar-refractivity contribution in [1.29, 1.82) is 0 Å². The molecule has 0 saturated heterocycles. The summed E-state index contributed by atoms with van der Waals surface area (Å²) >= 11 is 7.32. The molecule has 0 heterocycles. The van der Waals surface area contributed by atoms with Gasteiger partial charge in [-0.1, -0.05) is 24.3 Å². The average molecular weight is 297 g/mol. The Balaban J connectivity index is 1.80. The lowest BCUT2D eigenvalue weighted by Gasteiger charge is -2.08. The third-order valence-electron chi connectivity index (χ3n) is 2.50. The van der Waals surface area contributed by atoms with Crippen molar-refractivity contribution in [2.45, 2.75) is 10.8 Å². The molecule has 0 unspecified atom stereocenters. The number of thioether (sulfide) groups is 1. The van der Waals surface area contributed by atoms with Gasteiger partial charge in [0.25, 0.3) is 0 Å². The molecule has 0 aliphatic rings. The Morgan fingerprint density at radius 1 is 1.11 bits per heavy atom. The van der Waals surface area contributed by atoms with Crippen LogP contribution in [0.15, 0.2) is 53.4 Å². The summed E-state index contributed by atoms with van der Waals surface area (Å²) in [6, 6.07) is 14.9. The van der Waals surface area contributed by atoms with Crippen LogP contribution in [0, 0.1) is 5.82 Å². The zero-order valence-corrected chi connectivity index (χ0v) is 11.9. The van der Waals surface area contributed by atoms with Crippen molar-refractivity contribution in [2.75, 3.05) is 12.4 Å². The van der Waals surface area contributed by atoms with E-state index in [0.717, 1.165) is 11.3 Å². The third kappa shape index (κ3) is 4.44. The maximum Gasteiger partial charge on any atom is 0.165 e. The molecule has 0 atom stereocenters. The largest absolute Gasteiger partial charge is 0.490 e. The number of halogens is 2. The Morgan fingerprint density at radius 2 is 1.89 bits per heavy atom. The Morgan fingerprint density at radius 3 is 2.58 bits per heavy atom. The Hall–Kier alpha value is -1.19. The number of rotatable bonds is 6. The lowest BCUT2D eigenvalue weighted by Crippen LogP contribution is -2.02. The van der Waals surface area contributed by atoms with E-state index in [9.17, 15) is 4.39 Å². The first-order chi connectivity index (χ1) is 9.29. The first kappa shape index (κ1) is 14.2. The zero-order valence-electron chi connectivity index (χ0n) is 10.3. The van der Waals surface area contributed by atoms with Crippen LogP contribution >= 0.6 is 23.4 Å². The van der Waals surface area contributed by atoms with E-state index in [1.165, 1.54) is 11.0 Å². The van der Waals surface area contributed by atoms with E-state index < -0.39 is 0 Å². The van der Waals surface area contributed by atoms with Gasteiger partial charge in [-0.2, -0.15) is 0 Å². The second kappa shape index (κ2) is 7.41. The summed E-state index contributed by atoms with van der Waals surface area (Å²) in [6.45, 7) is 0.469. The fourth-order valence-corrected chi connectivity index (χ4v) is 2.49. The summed E-state index contributed by atoms with van der Waals surface area (Å²) in [4.78, 5) is 1.18. The van der Waals surface area contributed by atoms with Crippen molar-refractivity contribution in [3.05, 3.63) is 59.9 Å². The summed E-state index contributed by atoms with van der Waals surface area (Å²) in [6.07, 6.45) is 0. The van der Waals surface area contributed by atoms with E-state index in [4.69, 9.17) is 16.3 Å². The molecule has 0 radical (unpaired) electrons. The van der Waals surface area contributed by atoms with Gasteiger partial charge in [-0.25, -0.2) is 4.39 Å². The summed E-state index contributed by atoms with van der Waals surface area (Å²) in [5.74, 6) is 1.01. The predicted molar refractivity (Wildman–Crippen MR) is 78.6 cm³/mol. The SMILES string of the molecule is Fc1cc(CCl)ccc1OCCSc1ccccc1. The molecule has 2 aromatic rings. The third-order valence-corrected chi connectivity index (χ3v) is 3.79. The average Bonchev–Trinajstić information content (AvgIpc) is 2.46. The van der Waals surface area contributed by atoms with Crippen LogP contribution in [0.2, 0.25) is 0 Å². The fourth-order valence-electron chi connectivity index (χ4n) is 1.57. The molecule has 0 aliphatic heterocycles. The van der Waals surface area contributed by atoms with E-state index >= 15 is 0 Å². The highest BCUT2D eigenvalue weighted by molar-refractivity contribution is 7.99. The molecule has 0 saturated carbocycles. The first-order valence-corrected chi connectivity index (χ1v) is 7.46. The Labute approximate surface area is 121 Å². The van der Waals surface area contributed by atoms with E-state index in [-0.39, 0.29) is 11.6 Å². The maximum absolute atomic E-state index is 13.6. The number of alkyl halides is 1. The zero-order chi connectivity index (χ0) is 13.5. The molecule has 0 aromatic heterocycles. The minimum Gasteiger partial charge on any atom is -0.490 e. The standard InChI is InChI=1S/C15H14ClFOS/c16-11-12-6-7-15(14(17)10-12)18-8-9-19-13-4-2-1-3-5-13/h1-7,10H,8-9,11H2. The van der Waals surface area contributed by atoms with Gasteiger partial charge in [0.1, 0.15) is 0 Å². The van der Waals surface area contributed by atoms with E-state index in [0.29, 0.717) is 12.5 Å². The van der Waals surface area contributed by atoms with Gasteiger partial charge >= 0.3 is 0 Å². The van der Waals surface area contributed by atoms with Crippen molar-refractivity contribution in [3.63, 3.8) is 0 Å². The van der Waals surface area contributed by atoms with Crippen molar-refractivity contribution in [1.82, 2.24) is 0 Å². The first-order valence-electron chi connectivity index (χ1n) is 5.94. The topological polar surface area (TPSA) is 9.23 Å². The lowest BCUT2D eigenvalue weighted by atomic mass is 10.2. The van der Waals surface area contributed by atoms with Gasteiger partial charge < -0.3 is 4.74 Å². The second-order valence-electron chi connectivity index (χ2n) is 3.91. The van der Waals surface area contributed by atoms with Crippen LogP contribution in [0.5, 0.6) is 5.75 Å². The molecule has 0 N–H and O–H groups in total. The van der Waals surface area contributed by atoms with Crippen LogP contribution in [0.25, 0.3) is 0 Å². The van der Waals surface area contributed by atoms with Crippen LogP contribution in [0.1, 0.15) is 5.56 Å². The molecule has 100 valence electrons. The normalized spacial score (nSPS) is 10.4. The van der Waals surface area contributed by atoms with E-state index in [1.54, 1.807) is 23.9 Å². The van der Waals surface area contributed by atoms with Crippen LogP contribution in [-0.4, -0.2) is 12.4 Å². The maximum atomic E-state index is 13.6. The van der Waals surface area contributed by atoms with Gasteiger partial charge in [-0.3, -0.25) is 0 Å². The van der Waals surface area contributed by atoms with Gasteiger partial charge in [0, 0.05) is 16.5 Å². The molecular weight excluding hydrogens is 283 g/mol. The summed E-state index contributed by atoms with van der Waals surface area (Å²) in [7, 11) is 0. The number of ether oxygens (including phenoxy) is 1. The number of benzene rings is 2. The molecule has 0 fully saturated rings. The molecule has 0 aliphatic carbocycles. The van der Waals surface area contributed by atoms with Gasteiger partial charge in [0.05, 0.1) is 6.61 Å². The highest BCUT2D eigenvalue weighted by atomic mass is 35.5. The highest BCUT2D eigenvalue weighted by Crippen LogP contribution is 2.21. The Bertz CT molecular complexity index is 519. The van der Waals surface area contributed by atoms with E-state index in [2.05, 4.69) is 0 Å². The van der Waals surface area contributed by atoms with E-state index in [1.807, 2.05) is 30.3 Å². The van der Waals surface area contributed by atoms with Crippen LogP contribution in [0.3, 0.4) is 0 Å². The van der Waals surface area contributed by atoms with Crippen molar-refractivity contribution in [2.24, 2.45) is 0 Å². The molecule has 1 nitrogen and oxygen atoms in total. The van der Waals surface area contributed by atoms with Crippen LogP contribution in [-0.2, 0) is 5.88 Å². The number of hydrogen-bond donors (Lipinski definition) is 0. The van der Waals surface area contributed by atoms with Gasteiger partial charge in [0.15, 0.2) is 11.6 Å². The van der Waals surface area contributed by atoms with Crippen LogP contribution in [0.4, 0.5) is 4.39 Å².